The fourth-order valence-electron chi connectivity index (χ4n) is 10.7. The summed E-state index contributed by atoms with van der Waals surface area (Å²) in [5.74, 6) is 0. The van der Waals surface area contributed by atoms with E-state index in [1.807, 2.05) is 11.3 Å². The predicted octanol–water partition coefficient (Wildman–Crippen LogP) is 19.0. The summed E-state index contributed by atoms with van der Waals surface area (Å²) in [5.41, 5.74) is 13.8. The standard InChI is InChI=1S/C65H42S/c1-41-26-27-44-37-49(31-28-43(44)36-41)63-56-22-9-11-24-58(56)65(59-25-12-10-23-57(59)63)51-33-30-45-38-50(32-29-46(45)39-51)64-54-20-7-5-18-52(54)62(53-19-6-8-21-55(53)64)48-17-13-16-47(40-48)61-35-34-60(66-61)42-14-3-2-4-15-42/h2-40H,1H3. The topological polar surface area (TPSA) is 0 Å². The number of aryl methyl sites for hydroxylation is 1. The van der Waals surface area contributed by atoms with Crippen molar-refractivity contribution in [2.24, 2.45) is 0 Å². The van der Waals surface area contributed by atoms with E-state index in [0.717, 1.165) is 0 Å². The molecule has 66 heavy (non-hydrogen) atoms. The highest BCUT2D eigenvalue weighted by Gasteiger charge is 2.20. The smallest absolute Gasteiger partial charge is 0.0349 e. The molecule has 1 heterocycles. The Morgan fingerprint density at radius 2 is 0.545 bits per heavy atom. The van der Waals surface area contributed by atoms with Gasteiger partial charge in [0.15, 0.2) is 0 Å². The van der Waals surface area contributed by atoms with E-state index >= 15 is 0 Å². The predicted molar refractivity (Wildman–Crippen MR) is 287 cm³/mol. The molecule has 13 rings (SSSR count). The van der Waals surface area contributed by atoms with Crippen molar-refractivity contribution in [1.82, 2.24) is 0 Å². The third kappa shape index (κ3) is 6.35. The molecule has 0 bridgehead atoms. The SMILES string of the molecule is Cc1ccc2cc(-c3c4ccccc4c(-c4ccc5cc(-c6c7ccccc7c(-c7cccc(-c8ccc(-c9ccccc9)s8)c7)c7ccccc67)ccc5c4)c4ccccc34)ccc2c1. The zero-order valence-corrected chi connectivity index (χ0v) is 37.2. The fourth-order valence-corrected chi connectivity index (χ4v) is 11.7. The van der Waals surface area contributed by atoms with Crippen LogP contribution < -0.4 is 0 Å². The van der Waals surface area contributed by atoms with Crippen LogP contribution in [-0.4, -0.2) is 0 Å². The molecule has 0 saturated carbocycles. The Labute approximate surface area is 388 Å². The van der Waals surface area contributed by atoms with Crippen LogP contribution in [0.3, 0.4) is 0 Å². The van der Waals surface area contributed by atoms with Gasteiger partial charge in [0, 0.05) is 9.75 Å². The van der Waals surface area contributed by atoms with E-state index in [1.165, 1.54) is 136 Å². The summed E-state index contributed by atoms with van der Waals surface area (Å²) in [6.07, 6.45) is 0. The molecule has 0 fully saturated rings. The summed E-state index contributed by atoms with van der Waals surface area (Å²) in [7, 11) is 0. The highest BCUT2D eigenvalue weighted by molar-refractivity contribution is 7.18. The molecule has 0 amide bonds. The number of fused-ring (bicyclic) bond motifs is 6. The second-order valence-electron chi connectivity index (χ2n) is 17.6. The lowest BCUT2D eigenvalue weighted by atomic mass is 9.84. The van der Waals surface area contributed by atoms with Crippen LogP contribution >= 0.6 is 11.3 Å². The third-order valence-corrected chi connectivity index (χ3v) is 14.8. The molecule has 0 N–H and O–H groups in total. The summed E-state index contributed by atoms with van der Waals surface area (Å²) in [5, 5.41) is 15.1. The van der Waals surface area contributed by atoms with E-state index in [9.17, 15) is 0 Å². The molecule has 308 valence electrons. The number of thiophene rings is 1. The van der Waals surface area contributed by atoms with Gasteiger partial charge in [0.1, 0.15) is 0 Å². The summed E-state index contributed by atoms with van der Waals surface area (Å²) in [6, 6.07) is 88.0. The molecule has 12 aromatic carbocycles. The van der Waals surface area contributed by atoms with Crippen LogP contribution in [0.1, 0.15) is 5.56 Å². The van der Waals surface area contributed by atoms with Crippen molar-refractivity contribution in [2.45, 2.75) is 6.92 Å². The summed E-state index contributed by atoms with van der Waals surface area (Å²) >= 11 is 1.85. The molecule has 0 aliphatic carbocycles. The molecular formula is C65H42S. The van der Waals surface area contributed by atoms with Gasteiger partial charge in [-0.05, 0) is 164 Å². The molecule has 1 aromatic heterocycles. The number of hydrogen-bond acceptors (Lipinski definition) is 1. The first-order valence-corrected chi connectivity index (χ1v) is 23.6. The van der Waals surface area contributed by atoms with E-state index < -0.39 is 0 Å². The maximum Gasteiger partial charge on any atom is 0.0349 e. The first kappa shape index (κ1) is 38.4. The Morgan fingerprint density at radius 3 is 0.970 bits per heavy atom. The zero-order valence-electron chi connectivity index (χ0n) is 36.4. The average molecular weight is 855 g/mol. The average Bonchev–Trinajstić information content (AvgIpc) is 3.88. The van der Waals surface area contributed by atoms with Gasteiger partial charge in [-0.1, -0.05) is 206 Å². The van der Waals surface area contributed by atoms with Gasteiger partial charge in [0.05, 0.1) is 0 Å². The summed E-state index contributed by atoms with van der Waals surface area (Å²) in [4.78, 5) is 2.56. The van der Waals surface area contributed by atoms with Crippen molar-refractivity contribution < 1.29 is 0 Å². The first-order valence-electron chi connectivity index (χ1n) is 22.8. The van der Waals surface area contributed by atoms with Gasteiger partial charge in [0.2, 0.25) is 0 Å². The molecule has 0 spiro atoms. The molecule has 0 aliphatic rings. The van der Waals surface area contributed by atoms with Crippen molar-refractivity contribution in [3.63, 3.8) is 0 Å². The monoisotopic (exact) mass is 854 g/mol. The molecule has 0 saturated heterocycles. The fraction of sp³-hybridized carbons (Fsp3) is 0.0154. The van der Waals surface area contributed by atoms with Gasteiger partial charge in [-0.15, -0.1) is 11.3 Å². The highest BCUT2D eigenvalue weighted by Crippen LogP contribution is 2.47. The Morgan fingerprint density at radius 1 is 0.227 bits per heavy atom. The maximum absolute atomic E-state index is 2.40. The normalized spacial score (nSPS) is 11.7. The van der Waals surface area contributed by atoms with Gasteiger partial charge in [0.25, 0.3) is 0 Å². The molecule has 13 aromatic rings. The van der Waals surface area contributed by atoms with E-state index in [-0.39, 0.29) is 0 Å². The van der Waals surface area contributed by atoms with E-state index in [2.05, 4.69) is 244 Å². The number of hydrogen-bond donors (Lipinski definition) is 0. The van der Waals surface area contributed by atoms with Crippen molar-refractivity contribution in [3.05, 3.63) is 242 Å². The van der Waals surface area contributed by atoms with Crippen LogP contribution in [0, 0.1) is 6.92 Å². The van der Waals surface area contributed by atoms with Gasteiger partial charge >= 0.3 is 0 Å². The van der Waals surface area contributed by atoms with E-state index in [4.69, 9.17) is 0 Å². The van der Waals surface area contributed by atoms with Gasteiger partial charge in [-0.3, -0.25) is 0 Å². The summed E-state index contributed by atoms with van der Waals surface area (Å²) in [6.45, 7) is 2.16. The Kier molecular flexibility index (Phi) is 9.04. The van der Waals surface area contributed by atoms with E-state index in [0.29, 0.717) is 0 Å². The van der Waals surface area contributed by atoms with Gasteiger partial charge in [-0.25, -0.2) is 0 Å². The Hall–Kier alpha value is -8.10. The van der Waals surface area contributed by atoms with Crippen LogP contribution in [0.25, 0.3) is 130 Å². The lowest BCUT2D eigenvalue weighted by Crippen LogP contribution is -1.92. The highest BCUT2D eigenvalue weighted by atomic mass is 32.1. The summed E-state index contributed by atoms with van der Waals surface area (Å²) < 4.78 is 0. The molecule has 0 atom stereocenters. The second kappa shape index (κ2) is 15.6. The molecule has 0 unspecified atom stereocenters. The lowest BCUT2D eigenvalue weighted by Gasteiger charge is -2.19. The largest absolute Gasteiger partial charge is 0.135 e. The van der Waals surface area contributed by atoms with Crippen molar-refractivity contribution in [3.8, 4) is 65.4 Å². The second-order valence-corrected chi connectivity index (χ2v) is 18.7. The zero-order chi connectivity index (χ0) is 43.7. The van der Waals surface area contributed by atoms with Crippen LogP contribution in [0.15, 0.2) is 237 Å². The lowest BCUT2D eigenvalue weighted by molar-refractivity contribution is 1.51. The third-order valence-electron chi connectivity index (χ3n) is 13.7. The van der Waals surface area contributed by atoms with Crippen LogP contribution in [0.2, 0.25) is 0 Å². The molecule has 0 radical (unpaired) electrons. The maximum atomic E-state index is 2.40. The number of rotatable bonds is 6. The molecule has 1 heteroatoms. The minimum absolute atomic E-state index is 1.22. The minimum Gasteiger partial charge on any atom is -0.135 e. The van der Waals surface area contributed by atoms with Gasteiger partial charge < -0.3 is 0 Å². The van der Waals surface area contributed by atoms with Crippen molar-refractivity contribution >= 4 is 76.0 Å². The quantitative estimate of drug-likeness (QED) is 0.146. The van der Waals surface area contributed by atoms with Crippen molar-refractivity contribution in [1.29, 1.82) is 0 Å². The Bertz CT molecular complexity index is 3940. The number of benzene rings is 12. The minimum atomic E-state index is 1.22. The molecule has 0 nitrogen and oxygen atoms in total. The van der Waals surface area contributed by atoms with Crippen molar-refractivity contribution in [2.75, 3.05) is 0 Å². The first-order chi connectivity index (χ1) is 32.6. The Balaban J connectivity index is 0.934. The van der Waals surface area contributed by atoms with E-state index in [1.54, 1.807) is 0 Å². The van der Waals surface area contributed by atoms with Gasteiger partial charge in [-0.2, -0.15) is 0 Å². The van der Waals surface area contributed by atoms with Crippen LogP contribution in [0.5, 0.6) is 0 Å². The molecule has 0 aliphatic heterocycles. The molecular weight excluding hydrogens is 813 g/mol. The van der Waals surface area contributed by atoms with Crippen LogP contribution in [0.4, 0.5) is 0 Å². The van der Waals surface area contributed by atoms with Crippen LogP contribution in [-0.2, 0) is 0 Å².